The van der Waals surface area contributed by atoms with Crippen LogP contribution < -0.4 is 0 Å². The second-order valence-corrected chi connectivity index (χ2v) is 19.8. The molecule has 0 aliphatic heterocycles. The topological polar surface area (TPSA) is 78.9 Å². The van der Waals surface area contributed by atoms with Crippen molar-refractivity contribution in [1.82, 2.24) is 0 Å². The van der Waals surface area contributed by atoms with Gasteiger partial charge < -0.3 is 14.2 Å². The Balaban J connectivity index is 4.16. The fourth-order valence-corrected chi connectivity index (χ4v) is 8.25. The van der Waals surface area contributed by atoms with Crippen molar-refractivity contribution < 1.29 is 28.6 Å². The van der Waals surface area contributed by atoms with Crippen LogP contribution in [-0.2, 0) is 28.6 Å². The molecule has 0 radical (unpaired) electrons. The van der Waals surface area contributed by atoms with Crippen molar-refractivity contribution in [1.29, 1.82) is 0 Å². The molecular weight excluding hydrogens is 901 g/mol. The highest BCUT2D eigenvalue weighted by Gasteiger charge is 2.19. The van der Waals surface area contributed by atoms with Gasteiger partial charge in [0.1, 0.15) is 13.2 Å². The minimum atomic E-state index is -0.818. The smallest absolute Gasteiger partial charge is 0.306 e. The molecule has 0 aliphatic carbocycles. The van der Waals surface area contributed by atoms with Crippen LogP contribution in [0.15, 0.2) is 109 Å². The highest BCUT2D eigenvalue weighted by Crippen LogP contribution is 2.16. The summed E-state index contributed by atoms with van der Waals surface area (Å²) in [5.41, 5.74) is 0. The Morgan fingerprint density at radius 2 is 0.562 bits per heavy atom. The SMILES string of the molecule is CC/C=C\C/C=C\C/C=C\C/C=C\CCCCCCCCCCCCCCCCCCCCC(=O)OCC(COC(=O)CCCCCCC/C=C\CCCC)OC(=O)CC/C=C\C/C=C\C/C=C\C/C=C\CC. The molecule has 1 atom stereocenters. The molecule has 0 heterocycles. The molecule has 0 saturated heterocycles. The van der Waals surface area contributed by atoms with E-state index in [1.54, 1.807) is 0 Å². The Kier molecular flexibility index (Phi) is 57.4. The van der Waals surface area contributed by atoms with Gasteiger partial charge in [-0.25, -0.2) is 0 Å². The van der Waals surface area contributed by atoms with Gasteiger partial charge in [0.2, 0.25) is 0 Å². The number of ether oxygens (including phenoxy) is 3. The van der Waals surface area contributed by atoms with Crippen molar-refractivity contribution in [3.05, 3.63) is 109 Å². The van der Waals surface area contributed by atoms with Crippen LogP contribution >= 0.6 is 0 Å². The fourth-order valence-electron chi connectivity index (χ4n) is 8.25. The Bertz CT molecular complexity index is 1490. The van der Waals surface area contributed by atoms with Gasteiger partial charge in [-0.1, -0.05) is 265 Å². The summed E-state index contributed by atoms with van der Waals surface area (Å²) < 4.78 is 16.8. The molecular formula is C67H112O6. The standard InChI is InChI=1S/C67H112O6/c1-4-7-10-13-16-19-22-24-25-26-27-28-29-30-31-32-33-34-35-36-37-38-39-40-41-43-45-48-51-54-57-60-66(69)72-63-64(62-71-65(68)59-56-53-50-47-44-21-18-15-12-9-6-3)73-67(70)61-58-55-52-49-46-42-23-20-17-14-11-8-5-2/h7-8,10-11,15-20,24-25,27-28,42,46,52,55,64H,4-6,9,12-14,21-23,26,29-41,43-45,47-51,53-54,56-63H2,1-3H3/b10-7-,11-8-,18-15-,19-16-,20-17-,25-24-,28-27-,46-42-,55-52-. The number of carbonyl (C=O) groups excluding carboxylic acids is 3. The van der Waals surface area contributed by atoms with Crippen LogP contribution in [0.2, 0.25) is 0 Å². The largest absolute Gasteiger partial charge is 0.462 e. The molecule has 0 aromatic heterocycles. The number of esters is 3. The van der Waals surface area contributed by atoms with Crippen molar-refractivity contribution in [3.8, 4) is 0 Å². The summed E-state index contributed by atoms with van der Waals surface area (Å²) in [5, 5.41) is 0. The van der Waals surface area contributed by atoms with Crippen molar-refractivity contribution in [2.75, 3.05) is 13.2 Å². The quantitative estimate of drug-likeness (QED) is 0.0261. The van der Waals surface area contributed by atoms with Crippen molar-refractivity contribution in [2.45, 2.75) is 284 Å². The maximum Gasteiger partial charge on any atom is 0.306 e. The summed E-state index contributed by atoms with van der Waals surface area (Å²) in [7, 11) is 0. The minimum absolute atomic E-state index is 0.108. The normalized spacial score (nSPS) is 12.9. The lowest BCUT2D eigenvalue weighted by Crippen LogP contribution is -2.30. The first-order chi connectivity index (χ1) is 36.0. The van der Waals surface area contributed by atoms with Crippen LogP contribution in [0.5, 0.6) is 0 Å². The molecule has 416 valence electrons. The summed E-state index contributed by atoms with van der Waals surface area (Å²) >= 11 is 0. The van der Waals surface area contributed by atoms with Crippen LogP contribution in [0, 0.1) is 0 Å². The number of rotatable bonds is 54. The fraction of sp³-hybridized carbons (Fsp3) is 0.687. The highest BCUT2D eigenvalue weighted by atomic mass is 16.6. The summed E-state index contributed by atoms with van der Waals surface area (Å²) in [4.78, 5) is 38.0. The Hall–Kier alpha value is -3.93. The number of allylic oxidation sites excluding steroid dienone is 18. The second-order valence-electron chi connectivity index (χ2n) is 19.8. The van der Waals surface area contributed by atoms with Crippen LogP contribution in [0.25, 0.3) is 0 Å². The van der Waals surface area contributed by atoms with Gasteiger partial charge in [-0.2, -0.15) is 0 Å². The molecule has 0 saturated carbocycles. The molecule has 0 aromatic rings. The summed E-state index contributed by atoms with van der Waals surface area (Å²) in [6, 6.07) is 0. The molecule has 0 amide bonds. The zero-order chi connectivity index (χ0) is 52.9. The molecule has 0 N–H and O–H groups in total. The predicted octanol–water partition coefficient (Wildman–Crippen LogP) is 20.7. The monoisotopic (exact) mass is 1010 g/mol. The first-order valence-electron chi connectivity index (χ1n) is 30.4. The van der Waals surface area contributed by atoms with Gasteiger partial charge >= 0.3 is 17.9 Å². The second kappa shape index (κ2) is 60.6. The number of carbonyl (C=O) groups is 3. The van der Waals surface area contributed by atoms with Crippen molar-refractivity contribution in [3.63, 3.8) is 0 Å². The first-order valence-corrected chi connectivity index (χ1v) is 30.4. The molecule has 0 rings (SSSR count). The lowest BCUT2D eigenvalue weighted by molar-refractivity contribution is -0.166. The van der Waals surface area contributed by atoms with Gasteiger partial charge in [0.05, 0.1) is 0 Å². The van der Waals surface area contributed by atoms with Gasteiger partial charge in [0.15, 0.2) is 6.10 Å². The summed E-state index contributed by atoms with van der Waals surface area (Å²) in [5.74, 6) is -0.998. The van der Waals surface area contributed by atoms with Crippen LogP contribution in [-0.4, -0.2) is 37.2 Å². The minimum Gasteiger partial charge on any atom is -0.462 e. The average molecular weight is 1010 g/mol. The molecule has 0 aliphatic rings. The predicted molar refractivity (Wildman–Crippen MR) is 316 cm³/mol. The van der Waals surface area contributed by atoms with E-state index in [1.807, 2.05) is 12.2 Å². The van der Waals surface area contributed by atoms with Gasteiger partial charge in [-0.15, -0.1) is 0 Å². The van der Waals surface area contributed by atoms with E-state index in [4.69, 9.17) is 14.2 Å². The molecule has 0 aromatic carbocycles. The van der Waals surface area contributed by atoms with E-state index >= 15 is 0 Å². The van der Waals surface area contributed by atoms with E-state index in [1.165, 1.54) is 128 Å². The Labute approximate surface area is 450 Å². The van der Waals surface area contributed by atoms with Crippen LogP contribution in [0.1, 0.15) is 278 Å². The highest BCUT2D eigenvalue weighted by molar-refractivity contribution is 5.71. The maximum absolute atomic E-state index is 12.8. The van der Waals surface area contributed by atoms with E-state index < -0.39 is 12.1 Å². The van der Waals surface area contributed by atoms with E-state index in [0.717, 1.165) is 103 Å². The lowest BCUT2D eigenvalue weighted by Gasteiger charge is -2.18. The number of hydrogen-bond donors (Lipinski definition) is 0. The van der Waals surface area contributed by atoms with E-state index in [9.17, 15) is 14.4 Å². The molecule has 0 spiro atoms. The molecule has 6 nitrogen and oxygen atoms in total. The third-order valence-corrected chi connectivity index (χ3v) is 12.8. The number of hydrogen-bond acceptors (Lipinski definition) is 6. The molecule has 6 heteroatoms. The zero-order valence-corrected chi connectivity index (χ0v) is 47.6. The third kappa shape index (κ3) is 58.8. The molecule has 0 fully saturated rings. The first kappa shape index (κ1) is 69.1. The van der Waals surface area contributed by atoms with Crippen molar-refractivity contribution >= 4 is 17.9 Å². The van der Waals surface area contributed by atoms with E-state index in [0.29, 0.717) is 19.3 Å². The molecule has 73 heavy (non-hydrogen) atoms. The summed E-state index contributed by atoms with van der Waals surface area (Å²) in [6.07, 6.45) is 82.7. The molecule has 0 bridgehead atoms. The van der Waals surface area contributed by atoms with E-state index in [2.05, 4.69) is 118 Å². The average Bonchev–Trinajstić information content (AvgIpc) is 3.39. The maximum atomic E-state index is 12.8. The van der Waals surface area contributed by atoms with Gasteiger partial charge in [0, 0.05) is 19.3 Å². The van der Waals surface area contributed by atoms with Gasteiger partial charge in [-0.3, -0.25) is 14.4 Å². The molecule has 1 unspecified atom stereocenters. The lowest BCUT2D eigenvalue weighted by atomic mass is 10.0. The van der Waals surface area contributed by atoms with Gasteiger partial charge in [0.25, 0.3) is 0 Å². The van der Waals surface area contributed by atoms with Gasteiger partial charge in [-0.05, 0) is 103 Å². The number of unbranched alkanes of at least 4 members (excludes halogenated alkanes) is 25. The Morgan fingerprint density at radius 1 is 0.288 bits per heavy atom. The zero-order valence-electron chi connectivity index (χ0n) is 47.6. The Morgan fingerprint density at radius 3 is 0.904 bits per heavy atom. The van der Waals surface area contributed by atoms with Crippen LogP contribution in [0.3, 0.4) is 0 Å². The van der Waals surface area contributed by atoms with Crippen LogP contribution in [0.4, 0.5) is 0 Å². The van der Waals surface area contributed by atoms with Crippen molar-refractivity contribution in [2.24, 2.45) is 0 Å². The summed E-state index contributed by atoms with van der Waals surface area (Å²) in [6.45, 7) is 6.31. The van der Waals surface area contributed by atoms with E-state index in [-0.39, 0.29) is 31.6 Å². The third-order valence-electron chi connectivity index (χ3n) is 12.8.